The van der Waals surface area contributed by atoms with E-state index >= 15 is 0 Å². The first-order chi connectivity index (χ1) is 7.69. The molecular formula is C14H30N2. The zero-order valence-corrected chi connectivity index (χ0v) is 11.6. The van der Waals surface area contributed by atoms with Crippen LogP contribution in [0.5, 0.6) is 0 Å². The van der Waals surface area contributed by atoms with Gasteiger partial charge < -0.3 is 5.32 Å². The molecule has 96 valence electrons. The monoisotopic (exact) mass is 226 g/mol. The smallest absolute Gasteiger partial charge is 0.0218 e. The van der Waals surface area contributed by atoms with Gasteiger partial charge in [0.1, 0.15) is 0 Å². The maximum atomic E-state index is 3.62. The third-order valence-electron chi connectivity index (χ3n) is 3.72. The Morgan fingerprint density at radius 1 is 1.19 bits per heavy atom. The minimum atomic E-state index is 0.616. The second-order valence-corrected chi connectivity index (χ2v) is 5.42. The molecule has 0 spiro atoms. The van der Waals surface area contributed by atoms with E-state index in [1.165, 1.54) is 38.8 Å². The van der Waals surface area contributed by atoms with Crippen LogP contribution in [0.2, 0.25) is 0 Å². The summed E-state index contributed by atoms with van der Waals surface area (Å²) >= 11 is 0. The fourth-order valence-electron chi connectivity index (χ4n) is 2.24. The van der Waals surface area contributed by atoms with E-state index in [2.05, 4.69) is 37.9 Å². The molecule has 2 nitrogen and oxygen atoms in total. The van der Waals surface area contributed by atoms with Gasteiger partial charge in [-0.2, -0.15) is 0 Å². The molecule has 1 fully saturated rings. The molecule has 1 saturated carbocycles. The number of nitrogens with zero attached hydrogens (tertiary/aromatic N) is 1. The van der Waals surface area contributed by atoms with E-state index in [0.717, 1.165) is 12.5 Å². The maximum absolute atomic E-state index is 3.62. The van der Waals surface area contributed by atoms with Gasteiger partial charge >= 0.3 is 0 Å². The molecule has 16 heavy (non-hydrogen) atoms. The fourth-order valence-corrected chi connectivity index (χ4v) is 2.24. The Hall–Kier alpha value is -0.0800. The van der Waals surface area contributed by atoms with Crippen molar-refractivity contribution in [2.75, 3.05) is 19.6 Å². The first-order valence-corrected chi connectivity index (χ1v) is 7.16. The van der Waals surface area contributed by atoms with E-state index < -0.39 is 0 Å². The van der Waals surface area contributed by atoms with Crippen LogP contribution in [-0.2, 0) is 0 Å². The molecular weight excluding hydrogens is 196 g/mol. The predicted octanol–water partition coefficient (Wildman–Crippen LogP) is 2.89. The zero-order chi connectivity index (χ0) is 12.0. The molecule has 0 aromatic carbocycles. The van der Waals surface area contributed by atoms with Gasteiger partial charge in [0.25, 0.3) is 0 Å². The van der Waals surface area contributed by atoms with Crippen LogP contribution in [-0.4, -0.2) is 36.6 Å². The SMILES string of the molecule is CCCNC(C)C(C)N(CCC)CC1CC1. The number of hydrogen-bond acceptors (Lipinski definition) is 2. The molecule has 0 bridgehead atoms. The van der Waals surface area contributed by atoms with Crippen molar-refractivity contribution in [2.24, 2.45) is 5.92 Å². The molecule has 0 radical (unpaired) electrons. The van der Waals surface area contributed by atoms with E-state index in [0.29, 0.717) is 12.1 Å². The van der Waals surface area contributed by atoms with Crippen molar-refractivity contribution in [1.29, 1.82) is 0 Å². The summed E-state index contributed by atoms with van der Waals surface area (Å²) < 4.78 is 0. The Bertz CT molecular complexity index is 178. The maximum Gasteiger partial charge on any atom is 0.0218 e. The van der Waals surface area contributed by atoms with Gasteiger partial charge in [0.2, 0.25) is 0 Å². The summed E-state index contributed by atoms with van der Waals surface area (Å²) in [6, 6.07) is 1.29. The van der Waals surface area contributed by atoms with Gasteiger partial charge in [0.05, 0.1) is 0 Å². The molecule has 0 aromatic rings. The molecule has 2 heteroatoms. The van der Waals surface area contributed by atoms with Crippen molar-refractivity contribution in [3.05, 3.63) is 0 Å². The summed E-state index contributed by atoms with van der Waals surface area (Å²) in [5.74, 6) is 1.01. The Morgan fingerprint density at radius 3 is 2.38 bits per heavy atom. The van der Waals surface area contributed by atoms with Crippen molar-refractivity contribution < 1.29 is 0 Å². The molecule has 0 heterocycles. The number of nitrogens with one attached hydrogen (secondary N) is 1. The van der Waals surface area contributed by atoms with Crippen molar-refractivity contribution in [3.8, 4) is 0 Å². The third kappa shape index (κ3) is 4.84. The van der Waals surface area contributed by atoms with Crippen molar-refractivity contribution >= 4 is 0 Å². The van der Waals surface area contributed by atoms with Gasteiger partial charge in [0, 0.05) is 18.6 Å². The van der Waals surface area contributed by atoms with E-state index in [4.69, 9.17) is 0 Å². The third-order valence-corrected chi connectivity index (χ3v) is 3.72. The average Bonchev–Trinajstić information content (AvgIpc) is 3.08. The Labute approximate surface area is 102 Å². The van der Waals surface area contributed by atoms with E-state index in [1.54, 1.807) is 0 Å². The minimum absolute atomic E-state index is 0.616. The highest BCUT2D eigenvalue weighted by Gasteiger charge is 2.27. The van der Waals surface area contributed by atoms with Gasteiger partial charge in [-0.1, -0.05) is 13.8 Å². The number of rotatable bonds is 9. The van der Waals surface area contributed by atoms with Crippen LogP contribution in [0.15, 0.2) is 0 Å². The van der Waals surface area contributed by atoms with Crippen molar-refractivity contribution in [1.82, 2.24) is 10.2 Å². The van der Waals surface area contributed by atoms with Crippen molar-refractivity contribution in [3.63, 3.8) is 0 Å². The molecule has 2 atom stereocenters. The lowest BCUT2D eigenvalue weighted by Gasteiger charge is -2.33. The fraction of sp³-hybridized carbons (Fsp3) is 1.00. The topological polar surface area (TPSA) is 15.3 Å². The molecule has 1 aliphatic rings. The van der Waals surface area contributed by atoms with Crippen LogP contribution < -0.4 is 5.32 Å². The summed E-state index contributed by atoms with van der Waals surface area (Å²) in [7, 11) is 0. The molecule has 0 amide bonds. The van der Waals surface area contributed by atoms with Crippen LogP contribution in [0.1, 0.15) is 53.4 Å². The number of hydrogen-bond donors (Lipinski definition) is 1. The molecule has 1 rings (SSSR count). The zero-order valence-electron chi connectivity index (χ0n) is 11.6. The van der Waals surface area contributed by atoms with Gasteiger partial charge in [-0.3, -0.25) is 4.90 Å². The lowest BCUT2D eigenvalue weighted by molar-refractivity contribution is 0.168. The Balaban J connectivity index is 2.34. The minimum Gasteiger partial charge on any atom is -0.313 e. The van der Waals surface area contributed by atoms with Gasteiger partial charge in [-0.25, -0.2) is 0 Å². The Morgan fingerprint density at radius 2 is 1.88 bits per heavy atom. The quantitative estimate of drug-likeness (QED) is 0.650. The Kier molecular flexibility index (Phi) is 6.37. The van der Waals surface area contributed by atoms with Crippen LogP contribution >= 0.6 is 0 Å². The normalized spacial score (nSPS) is 20.1. The summed E-state index contributed by atoms with van der Waals surface area (Å²) in [5.41, 5.74) is 0. The molecule has 1 N–H and O–H groups in total. The molecule has 0 aromatic heterocycles. The largest absolute Gasteiger partial charge is 0.313 e. The van der Waals surface area contributed by atoms with Crippen LogP contribution in [0.25, 0.3) is 0 Å². The molecule has 2 unspecified atom stereocenters. The predicted molar refractivity (Wildman–Crippen MR) is 71.8 cm³/mol. The van der Waals surface area contributed by atoms with E-state index in [-0.39, 0.29) is 0 Å². The summed E-state index contributed by atoms with van der Waals surface area (Å²) in [5, 5.41) is 3.62. The first kappa shape index (κ1) is 14.0. The van der Waals surface area contributed by atoms with E-state index in [1.807, 2.05) is 0 Å². The lowest BCUT2D eigenvalue weighted by Crippen LogP contribution is -2.48. The molecule has 0 aliphatic heterocycles. The van der Waals surface area contributed by atoms with Crippen LogP contribution in [0.4, 0.5) is 0 Å². The second kappa shape index (κ2) is 7.29. The molecule has 1 aliphatic carbocycles. The van der Waals surface area contributed by atoms with Gasteiger partial charge in [-0.05, 0) is 58.5 Å². The highest BCUT2D eigenvalue weighted by Crippen LogP contribution is 2.30. The highest BCUT2D eigenvalue weighted by atomic mass is 15.2. The summed E-state index contributed by atoms with van der Waals surface area (Å²) in [4.78, 5) is 2.69. The standard InChI is InChI=1S/C14H30N2/c1-5-9-15-12(3)13(4)16(10-6-2)11-14-7-8-14/h12-15H,5-11H2,1-4H3. The van der Waals surface area contributed by atoms with Gasteiger partial charge in [0.15, 0.2) is 0 Å². The average molecular weight is 226 g/mol. The van der Waals surface area contributed by atoms with Crippen LogP contribution in [0.3, 0.4) is 0 Å². The van der Waals surface area contributed by atoms with Crippen molar-refractivity contribution in [2.45, 2.75) is 65.5 Å². The summed E-state index contributed by atoms with van der Waals surface area (Å²) in [6.07, 6.45) is 5.43. The first-order valence-electron chi connectivity index (χ1n) is 7.16. The van der Waals surface area contributed by atoms with Gasteiger partial charge in [-0.15, -0.1) is 0 Å². The second-order valence-electron chi connectivity index (χ2n) is 5.42. The summed E-state index contributed by atoms with van der Waals surface area (Å²) in [6.45, 7) is 13.0. The van der Waals surface area contributed by atoms with E-state index in [9.17, 15) is 0 Å². The highest BCUT2D eigenvalue weighted by molar-refractivity contribution is 4.83. The lowest BCUT2D eigenvalue weighted by atomic mass is 10.1. The molecule has 0 saturated heterocycles. The van der Waals surface area contributed by atoms with Crippen LogP contribution in [0, 0.1) is 5.92 Å².